The van der Waals surface area contributed by atoms with E-state index < -0.39 is 12.1 Å². The predicted octanol–water partition coefficient (Wildman–Crippen LogP) is 1.64. The molecular weight excluding hydrogens is 187 g/mol. The average Bonchev–Trinajstić information content (AvgIpc) is 2.71. The second-order valence-electron chi connectivity index (χ2n) is 3.53. The molecule has 0 saturated heterocycles. The Labute approximate surface area is 80.3 Å². The predicted molar refractivity (Wildman–Crippen MR) is 47.0 cm³/mol. The minimum Gasteiger partial charge on any atom is -0.478 e. The standard InChI is InChI=1S/C9H11FN2O2/c10-7-2-1-3-8(7)12-5-6(4-11-12)9(13)14/h4-5,7-8H,1-3H2,(H,13,14). The first kappa shape index (κ1) is 9.18. The molecule has 1 saturated carbocycles. The molecule has 2 rings (SSSR count). The van der Waals surface area contributed by atoms with E-state index in [2.05, 4.69) is 5.10 Å². The molecule has 1 fully saturated rings. The maximum atomic E-state index is 13.3. The van der Waals surface area contributed by atoms with Crippen molar-refractivity contribution >= 4 is 5.97 Å². The van der Waals surface area contributed by atoms with Crippen LogP contribution in [0, 0.1) is 0 Å². The average molecular weight is 198 g/mol. The molecule has 0 bridgehead atoms. The smallest absolute Gasteiger partial charge is 0.338 e. The highest BCUT2D eigenvalue weighted by Gasteiger charge is 2.29. The van der Waals surface area contributed by atoms with Gasteiger partial charge in [-0.15, -0.1) is 0 Å². The first-order valence-electron chi connectivity index (χ1n) is 4.60. The molecule has 0 amide bonds. The van der Waals surface area contributed by atoms with Gasteiger partial charge in [-0.3, -0.25) is 4.68 Å². The van der Waals surface area contributed by atoms with E-state index in [1.807, 2.05) is 0 Å². The summed E-state index contributed by atoms with van der Waals surface area (Å²) in [5, 5.41) is 12.5. The Hall–Kier alpha value is -1.39. The number of rotatable bonds is 2. The number of hydrogen-bond acceptors (Lipinski definition) is 2. The van der Waals surface area contributed by atoms with Crippen LogP contribution < -0.4 is 0 Å². The normalized spacial score (nSPS) is 26.6. The zero-order valence-corrected chi connectivity index (χ0v) is 7.56. The minimum atomic E-state index is -1.02. The van der Waals surface area contributed by atoms with E-state index in [1.165, 1.54) is 17.1 Å². The Morgan fingerprint density at radius 3 is 2.93 bits per heavy atom. The fourth-order valence-corrected chi connectivity index (χ4v) is 1.82. The summed E-state index contributed by atoms with van der Waals surface area (Å²) in [5.74, 6) is -1.02. The molecule has 14 heavy (non-hydrogen) atoms. The van der Waals surface area contributed by atoms with Crippen LogP contribution in [0.4, 0.5) is 4.39 Å². The number of alkyl halides is 1. The van der Waals surface area contributed by atoms with Crippen LogP contribution in [-0.2, 0) is 0 Å². The lowest BCUT2D eigenvalue weighted by atomic mass is 10.2. The molecule has 1 aromatic heterocycles. The molecule has 0 aliphatic heterocycles. The zero-order valence-electron chi connectivity index (χ0n) is 7.56. The zero-order chi connectivity index (χ0) is 10.1. The molecule has 2 atom stereocenters. The fourth-order valence-electron chi connectivity index (χ4n) is 1.82. The summed E-state index contributed by atoms with van der Waals surface area (Å²) in [5.41, 5.74) is 0.115. The Kier molecular flexibility index (Phi) is 2.23. The van der Waals surface area contributed by atoms with Gasteiger partial charge in [0.25, 0.3) is 0 Å². The Balaban J connectivity index is 2.20. The summed E-state index contributed by atoms with van der Waals surface area (Å²) in [6, 6.07) is -0.275. The van der Waals surface area contributed by atoms with Gasteiger partial charge in [-0.05, 0) is 19.3 Å². The van der Waals surface area contributed by atoms with Crippen LogP contribution >= 0.6 is 0 Å². The second kappa shape index (κ2) is 3.40. The molecule has 76 valence electrons. The maximum Gasteiger partial charge on any atom is 0.338 e. The van der Waals surface area contributed by atoms with Crippen molar-refractivity contribution in [3.8, 4) is 0 Å². The molecular formula is C9H11FN2O2. The quantitative estimate of drug-likeness (QED) is 0.786. The van der Waals surface area contributed by atoms with Crippen molar-refractivity contribution < 1.29 is 14.3 Å². The van der Waals surface area contributed by atoms with Crippen molar-refractivity contribution in [2.24, 2.45) is 0 Å². The molecule has 0 aromatic carbocycles. The third-order valence-electron chi connectivity index (χ3n) is 2.59. The van der Waals surface area contributed by atoms with Crippen LogP contribution in [0.1, 0.15) is 35.7 Å². The number of carbonyl (C=O) groups is 1. The molecule has 1 N–H and O–H groups in total. The number of halogens is 1. The highest BCUT2D eigenvalue weighted by Crippen LogP contribution is 2.31. The summed E-state index contributed by atoms with van der Waals surface area (Å²) in [6.07, 6.45) is 3.89. The van der Waals surface area contributed by atoms with Crippen molar-refractivity contribution in [3.63, 3.8) is 0 Å². The first-order chi connectivity index (χ1) is 6.68. The highest BCUT2D eigenvalue weighted by molar-refractivity contribution is 5.86. The Bertz CT molecular complexity index is 350. The van der Waals surface area contributed by atoms with Gasteiger partial charge >= 0.3 is 5.97 Å². The second-order valence-corrected chi connectivity index (χ2v) is 3.53. The molecule has 0 spiro atoms. The summed E-state index contributed by atoms with van der Waals surface area (Å²) in [7, 11) is 0. The van der Waals surface area contributed by atoms with Gasteiger partial charge in [0.1, 0.15) is 6.17 Å². The monoisotopic (exact) mass is 198 g/mol. The third-order valence-corrected chi connectivity index (χ3v) is 2.59. The first-order valence-corrected chi connectivity index (χ1v) is 4.60. The van der Waals surface area contributed by atoms with Gasteiger partial charge in [0, 0.05) is 6.20 Å². The number of hydrogen-bond donors (Lipinski definition) is 1. The molecule has 4 nitrogen and oxygen atoms in total. The van der Waals surface area contributed by atoms with Crippen molar-refractivity contribution in [2.75, 3.05) is 0 Å². The van der Waals surface area contributed by atoms with Crippen LogP contribution in [0.2, 0.25) is 0 Å². The van der Waals surface area contributed by atoms with Gasteiger partial charge in [0.2, 0.25) is 0 Å². The number of aromatic nitrogens is 2. The van der Waals surface area contributed by atoms with E-state index in [0.717, 1.165) is 12.8 Å². The summed E-state index contributed by atoms with van der Waals surface area (Å²) in [4.78, 5) is 10.6. The van der Waals surface area contributed by atoms with E-state index in [-0.39, 0.29) is 11.6 Å². The lowest BCUT2D eigenvalue weighted by Crippen LogP contribution is -2.15. The van der Waals surface area contributed by atoms with Crippen molar-refractivity contribution in [3.05, 3.63) is 18.0 Å². The fraction of sp³-hybridized carbons (Fsp3) is 0.556. The summed E-state index contributed by atoms with van der Waals surface area (Å²) >= 11 is 0. The van der Waals surface area contributed by atoms with Gasteiger partial charge in [0.05, 0.1) is 17.8 Å². The third kappa shape index (κ3) is 1.49. The van der Waals surface area contributed by atoms with Crippen LogP contribution in [0.25, 0.3) is 0 Å². The number of aromatic carboxylic acids is 1. The van der Waals surface area contributed by atoms with E-state index >= 15 is 0 Å². The largest absolute Gasteiger partial charge is 0.478 e. The SMILES string of the molecule is O=C(O)c1cnn(C2CCCC2F)c1. The molecule has 1 aliphatic rings. The van der Waals surface area contributed by atoms with Gasteiger partial charge in [0.15, 0.2) is 0 Å². The molecule has 0 radical (unpaired) electrons. The highest BCUT2D eigenvalue weighted by atomic mass is 19.1. The van der Waals surface area contributed by atoms with Crippen molar-refractivity contribution in [2.45, 2.75) is 31.5 Å². The van der Waals surface area contributed by atoms with Crippen LogP contribution in [0.15, 0.2) is 12.4 Å². The number of carboxylic acids is 1. The summed E-state index contributed by atoms with van der Waals surface area (Å²) in [6.45, 7) is 0. The van der Waals surface area contributed by atoms with E-state index in [1.54, 1.807) is 0 Å². The van der Waals surface area contributed by atoms with Gasteiger partial charge in [-0.25, -0.2) is 9.18 Å². The van der Waals surface area contributed by atoms with Gasteiger partial charge in [-0.1, -0.05) is 0 Å². The minimum absolute atomic E-state index is 0.115. The topological polar surface area (TPSA) is 55.1 Å². The van der Waals surface area contributed by atoms with Crippen LogP contribution in [0.5, 0.6) is 0 Å². The lowest BCUT2D eigenvalue weighted by molar-refractivity contribution is 0.0696. The molecule has 1 heterocycles. The molecule has 5 heteroatoms. The van der Waals surface area contributed by atoms with Gasteiger partial charge in [-0.2, -0.15) is 5.10 Å². The van der Waals surface area contributed by atoms with E-state index in [9.17, 15) is 9.18 Å². The van der Waals surface area contributed by atoms with Crippen molar-refractivity contribution in [1.82, 2.24) is 9.78 Å². The Morgan fingerprint density at radius 2 is 2.43 bits per heavy atom. The maximum absolute atomic E-state index is 13.3. The molecule has 2 unspecified atom stereocenters. The number of nitrogens with zero attached hydrogens (tertiary/aromatic N) is 2. The van der Waals surface area contributed by atoms with Crippen molar-refractivity contribution in [1.29, 1.82) is 0 Å². The van der Waals surface area contributed by atoms with Gasteiger partial charge < -0.3 is 5.11 Å². The Morgan fingerprint density at radius 1 is 1.64 bits per heavy atom. The summed E-state index contributed by atoms with van der Waals surface area (Å²) < 4.78 is 14.7. The van der Waals surface area contributed by atoms with Crippen LogP contribution in [-0.4, -0.2) is 27.0 Å². The molecule has 1 aromatic rings. The van der Waals surface area contributed by atoms with Crippen LogP contribution in [0.3, 0.4) is 0 Å². The van der Waals surface area contributed by atoms with E-state index in [0.29, 0.717) is 6.42 Å². The number of carboxylic acid groups (broad SMARTS) is 1. The lowest BCUT2D eigenvalue weighted by Gasteiger charge is -2.12. The molecule has 1 aliphatic carbocycles. The van der Waals surface area contributed by atoms with E-state index in [4.69, 9.17) is 5.11 Å².